The molecule has 0 bridgehead atoms. The molecule has 0 radical (unpaired) electrons. The first-order valence-electron chi connectivity index (χ1n) is 9.41. The van der Waals surface area contributed by atoms with Crippen LogP contribution in [0.3, 0.4) is 0 Å². The summed E-state index contributed by atoms with van der Waals surface area (Å²) in [5, 5.41) is 0. The number of benzene rings is 4. The van der Waals surface area contributed by atoms with Crippen LogP contribution in [0.5, 0.6) is 11.5 Å². The molecule has 0 heterocycles. The molecule has 0 aliphatic carbocycles. The van der Waals surface area contributed by atoms with Crippen molar-refractivity contribution >= 4 is 0 Å². The van der Waals surface area contributed by atoms with Crippen LogP contribution in [0.25, 0.3) is 11.1 Å². The Morgan fingerprint density at radius 1 is 0.429 bits per heavy atom. The molecule has 2 nitrogen and oxygen atoms in total. The number of hydrogen-bond acceptors (Lipinski definition) is 2. The van der Waals surface area contributed by atoms with E-state index in [1.54, 1.807) is 0 Å². The van der Waals surface area contributed by atoms with Gasteiger partial charge in [0.25, 0.3) is 0 Å². The lowest BCUT2D eigenvalue weighted by Crippen LogP contribution is -2.01. The highest BCUT2D eigenvalue weighted by Gasteiger charge is 2.09. The van der Waals surface area contributed by atoms with Gasteiger partial charge in [-0.25, -0.2) is 0 Å². The molecule has 138 valence electrons. The molecule has 0 aliphatic rings. The zero-order valence-electron chi connectivity index (χ0n) is 15.6. The van der Waals surface area contributed by atoms with Gasteiger partial charge >= 0.3 is 0 Å². The minimum Gasteiger partial charge on any atom is -0.485 e. The Kier molecular flexibility index (Phi) is 5.69. The first-order valence-corrected chi connectivity index (χ1v) is 9.41. The van der Waals surface area contributed by atoms with Gasteiger partial charge in [0.15, 0.2) is 11.5 Å². The highest BCUT2D eigenvalue weighted by molar-refractivity contribution is 5.67. The summed E-state index contributed by atoms with van der Waals surface area (Å²) < 4.78 is 12.2. The van der Waals surface area contributed by atoms with Crippen molar-refractivity contribution in [2.75, 3.05) is 0 Å². The fourth-order valence-electron chi connectivity index (χ4n) is 3.02. The smallest absolute Gasteiger partial charge is 0.162 e. The summed E-state index contributed by atoms with van der Waals surface area (Å²) >= 11 is 0. The first-order chi connectivity index (χ1) is 13.9. The SMILES string of the molecule is c1ccc(COc2ccc(-c3ccccc3)cc2OCc2ccccc2)cc1. The summed E-state index contributed by atoms with van der Waals surface area (Å²) in [5.41, 5.74) is 4.52. The fraction of sp³-hybridized carbons (Fsp3) is 0.0769. The molecule has 0 aliphatic heterocycles. The van der Waals surface area contributed by atoms with Crippen LogP contribution in [0, 0.1) is 0 Å². The van der Waals surface area contributed by atoms with Gasteiger partial charge in [-0.3, -0.25) is 0 Å². The third-order valence-corrected chi connectivity index (χ3v) is 4.53. The Labute approximate surface area is 166 Å². The zero-order chi connectivity index (χ0) is 19.0. The van der Waals surface area contributed by atoms with E-state index >= 15 is 0 Å². The van der Waals surface area contributed by atoms with Crippen LogP contribution in [-0.2, 0) is 13.2 Å². The van der Waals surface area contributed by atoms with Gasteiger partial charge in [0.05, 0.1) is 0 Å². The highest BCUT2D eigenvalue weighted by Crippen LogP contribution is 2.34. The van der Waals surface area contributed by atoms with Crippen molar-refractivity contribution < 1.29 is 9.47 Å². The molecular weight excluding hydrogens is 344 g/mol. The third-order valence-electron chi connectivity index (χ3n) is 4.53. The van der Waals surface area contributed by atoms with E-state index in [1.807, 2.05) is 60.7 Å². The third kappa shape index (κ3) is 4.60. The van der Waals surface area contributed by atoms with Crippen LogP contribution in [-0.4, -0.2) is 0 Å². The molecule has 0 unspecified atom stereocenters. The molecule has 0 spiro atoms. The molecule has 0 saturated heterocycles. The van der Waals surface area contributed by atoms with E-state index in [1.165, 1.54) is 0 Å². The van der Waals surface area contributed by atoms with Gasteiger partial charge in [-0.1, -0.05) is 97.1 Å². The van der Waals surface area contributed by atoms with Crippen molar-refractivity contribution in [3.05, 3.63) is 120 Å². The van der Waals surface area contributed by atoms with E-state index in [9.17, 15) is 0 Å². The van der Waals surface area contributed by atoms with Crippen LogP contribution >= 0.6 is 0 Å². The van der Waals surface area contributed by atoms with Crippen molar-refractivity contribution in [2.45, 2.75) is 13.2 Å². The monoisotopic (exact) mass is 366 g/mol. The largest absolute Gasteiger partial charge is 0.485 e. The summed E-state index contributed by atoms with van der Waals surface area (Å²) in [7, 11) is 0. The topological polar surface area (TPSA) is 18.5 Å². The maximum atomic E-state index is 6.15. The molecular formula is C26H22O2. The number of rotatable bonds is 7. The molecule has 0 fully saturated rings. The van der Waals surface area contributed by atoms with Gasteiger partial charge in [-0.05, 0) is 34.4 Å². The minimum absolute atomic E-state index is 0.501. The Balaban J connectivity index is 1.58. The van der Waals surface area contributed by atoms with Gasteiger partial charge in [0.1, 0.15) is 13.2 Å². The lowest BCUT2D eigenvalue weighted by atomic mass is 10.1. The molecule has 0 atom stereocenters. The van der Waals surface area contributed by atoms with Crippen LogP contribution in [0.1, 0.15) is 11.1 Å². The molecule has 0 saturated carbocycles. The molecule has 4 aromatic carbocycles. The summed E-state index contributed by atoms with van der Waals surface area (Å²) in [5.74, 6) is 1.50. The van der Waals surface area contributed by atoms with Gasteiger partial charge in [0.2, 0.25) is 0 Å². The average Bonchev–Trinajstić information content (AvgIpc) is 2.78. The molecule has 0 aromatic heterocycles. The molecule has 0 amide bonds. The van der Waals surface area contributed by atoms with E-state index in [0.717, 1.165) is 33.8 Å². The predicted molar refractivity (Wildman–Crippen MR) is 113 cm³/mol. The van der Waals surface area contributed by atoms with Crippen molar-refractivity contribution in [3.8, 4) is 22.6 Å². The van der Waals surface area contributed by atoms with Crippen molar-refractivity contribution in [2.24, 2.45) is 0 Å². The summed E-state index contributed by atoms with van der Waals surface area (Å²) in [6.07, 6.45) is 0. The lowest BCUT2D eigenvalue weighted by molar-refractivity contribution is 0.256. The maximum absolute atomic E-state index is 6.15. The normalized spacial score (nSPS) is 10.4. The van der Waals surface area contributed by atoms with E-state index in [4.69, 9.17) is 9.47 Å². The van der Waals surface area contributed by atoms with Crippen molar-refractivity contribution in [1.29, 1.82) is 0 Å². The van der Waals surface area contributed by atoms with E-state index in [-0.39, 0.29) is 0 Å². The molecule has 4 rings (SSSR count). The number of hydrogen-bond donors (Lipinski definition) is 0. The molecule has 0 N–H and O–H groups in total. The second-order valence-corrected chi connectivity index (χ2v) is 6.58. The minimum atomic E-state index is 0.501. The Morgan fingerprint density at radius 2 is 0.929 bits per heavy atom. The second kappa shape index (κ2) is 8.92. The Bertz CT molecular complexity index is 996. The van der Waals surface area contributed by atoms with E-state index in [2.05, 4.69) is 48.5 Å². The average molecular weight is 366 g/mol. The Morgan fingerprint density at radius 3 is 1.50 bits per heavy atom. The first kappa shape index (κ1) is 17.9. The van der Waals surface area contributed by atoms with Crippen molar-refractivity contribution in [3.63, 3.8) is 0 Å². The summed E-state index contributed by atoms with van der Waals surface area (Å²) in [6.45, 7) is 1.01. The lowest BCUT2D eigenvalue weighted by Gasteiger charge is -2.15. The van der Waals surface area contributed by atoms with Crippen LogP contribution in [0.4, 0.5) is 0 Å². The van der Waals surface area contributed by atoms with E-state index < -0.39 is 0 Å². The quantitative estimate of drug-likeness (QED) is 0.371. The molecule has 28 heavy (non-hydrogen) atoms. The highest BCUT2D eigenvalue weighted by atomic mass is 16.5. The Hall–Kier alpha value is -3.52. The van der Waals surface area contributed by atoms with Crippen molar-refractivity contribution in [1.82, 2.24) is 0 Å². The van der Waals surface area contributed by atoms with Gasteiger partial charge in [0, 0.05) is 0 Å². The fourth-order valence-corrected chi connectivity index (χ4v) is 3.02. The maximum Gasteiger partial charge on any atom is 0.162 e. The molecule has 2 heteroatoms. The number of ether oxygens (including phenoxy) is 2. The van der Waals surface area contributed by atoms with E-state index in [0.29, 0.717) is 13.2 Å². The molecule has 4 aromatic rings. The predicted octanol–water partition coefficient (Wildman–Crippen LogP) is 6.51. The van der Waals surface area contributed by atoms with Gasteiger partial charge in [-0.15, -0.1) is 0 Å². The van der Waals surface area contributed by atoms with Crippen LogP contribution in [0.15, 0.2) is 109 Å². The zero-order valence-corrected chi connectivity index (χ0v) is 15.6. The second-order valence-electron chi connectivity index (χ2n) is 6.58. The van der Waals surface area contributed by atoms with Gasteiger partial charge in [-0.2, -0.15) is 0 Å². The standard InChI is InChI=1S/C26H22O2/c1-4-10-21(11-5-1)19-27-25-17-16-24(23-14-8-3-9-15-23)18-26(25)28-20-22-12-6-2-7-13-22/h1-18H,19-20H2. The summed E-state index contributed by atoms with van der Waals surface area (Å²) in [4.78, 5) is 0. The van der Waals surface area contributed by atoms with Gasteiger partial charge < -0.3 is 9.47 Å². The van der Waals surface area contributed by atoms with Crippen LogP contribution in [0.2, 0.25) is 0 Å². The summed E-state index contributed by atoms with van der Waals surface area (Å²) in [6, 6.07) is 36.7. The van der Waals surface area contributed by atoms with Crippen LogP contribution < -0.4 is 9.47 Å².